The number of hydrogen-bond donors (Lipinski definition) is 1. The van der Waals surface area contributed by atoms with E-state index in [9.17, 15) is 14.7 Å². The Balaban J connectivity index is 1.87. The number of furan rings is 1. The van der Waals surface area contributed by atoms with Crippen LogP contribution in [-0.2, 0) is 4.79 Å². The summed E-state index contributed by atoms with van der Waals surface area (Å²) in [5.41, 5.74) is 3.25. The number of ketones is 1. The number of hydrogen-bond acceptors (Lipinski definition) is 5. The van der Waals surface area contributed by atoms with Gasteiger partial charge in [-0.2, -0.15) is 0 Å². The van der Waals surface area contributed by atoms with Gasteiger partial charge in [0, 0.05) is 25.5 Å². The van der Waals surface area contributed by atoms with E-state index in [1.807, 2.05) is 74.4 Å². The third-order valence-corrected chi connectivity index (χ3v) is 5.33. The number of aryl methyl sites for hydroxylation is 1. The first kappa shape index (κ1) is 19.5. The lowest BCUT2D eigenvalue weighted by Gasteiger charge is -2.28. The fourth-order valence-electron chi connectivity index (χ4n) is 3.74. The first-order valence-electron chi connectivity index (χ1n) is 9.58. The number of Topliss-reactive ketones (excluding diaryl/α,β-unsaturated/α-hetero) is 1. The molecular formula is C24H22N2O4. The van der Waals surface area contributed by atoms with Crippen LogP contribution >= 0.6 is 0 Å². The molecule has 4 rings (SSSR count). The van der Waals surface area contributed by atoms with Crippen LogP contribution in [0.3, 0.4) is 0 Å². The predicted molar refractivity (Wildman–Crippen MR) is 115 cm³/mol. The summed E-state index contributed by atoms with van der Waals surface area (Å²) in [5, 5.41) is 10.7. The van der Waals surface area contributed by atoms with E-state index in [4.69, 9.17) is 4.42 Å². The Hall–Kier alpha value is -3.80. The molecule has 0 saturated carbocycles. The minimum atomic E-state index is -0.762. The molecule has 0 spiro atoms. The van der Waals surface area contributed by atoms with E-state index in [0.29, 0.717) is 5.69 Å². The summed E-state index contributed by atoms with van der Waals surface area (Å²) in [6.45, 7) is 1.91. The van der Waals surface area contributed by atoms with Crippen LogP contribution in [0.2, 0.25) is 0 Å². The minimum absolute atomic E-state index is 0.0148. The first-order chi connectivity index (χ1) is 14.4. The van der Waals surface area contributed by atoms with Gasteiger partial charge in [0.05, 0.1) is 17.9 Å². The summed E-state index contributed by atoms with van der Waals surface area (Å²) in [7, 11) is 3.86. The van der Waals surface area contributed by atoms with Gasteiger partial charge in [-0.05, 0) is 54.4 Å². The SMILES string of the molecule is Cc1ccccc1C1C(C(=O)c2ccco2)=C(O)C(=O)N1c1ccc(N(C)C)cc1. The smallest absolute Gasteiger partial charge is 0.294 e. The van der Waals surface area contributed by atoms with Gasteiger partial charge < -0.3 is 14.4 Å². The largest absolute Gasteiger partial charge is 0.503 e. The second kappa shape index (κ2) is 7.55. The van der Waals surface area contributed by atoms with E-state index in [1.54, 1.807) is 6.07 Å². The van der Waals surface area contributed by atoms with Crippen LogP contribution in [0.5, 0.6) is 0 Å². The topological polar surface area (TPSA) is 74.0 Å². The molecule has 2 heterocycles. The number of carbonyl (C=O) groups excluding carboxylic acids is 2. The summed E-state index contributed by atoms with van der Waals surface area (Å²) in [6.07, 6.45) is 1.39. The molecule has 0 saturated heterocycles. The average Bonchev–Trinajstić information content (AvgIpc) is 3.36. The Kier molecular flexibility index (Phi) is 4.91. The van der Waals surface area contributed by atoms with Crippen LogP contribution in [0.25, 0.3) is 0 Å². The highest BCUT2D eigenvalue weighted by atomic mass is 16.3. The predicted octanol–water partition coefficient (Wildman–Crippen LogP) is 4.44. The summed E-state index contributed by atoms with van der Waals surface area (Å²) >= 11 is 0. The van der Waals surface area contributed by atoms with Gasteiger partial charge in [0.2, 0.25) is 5.78 Å². The first-order valence-corrected chi connectivity index (χ1v) is 9.58. The summed E-state index contributed by atoms with van der Waals surface area (Å²) < 4.78 is 5.26. The third kappa shape index (κ3) is 3.16. The number of carbonyl (C=O) groups is 2. The highest BCUT2D eigenvalue weighted by Gasteiger charge is 2.45. The molecule has 0 bridgehead atoms. The number of rotatable bonds is 5. The molecule has 1 aliphatic heterocycles. The number of nitrogens with zero attached hydrogens (tertiary/aromatic N) is 2. The lowest BCUT2D eigenvalue weighted by atomic mass is 9.92. The lowest BCUT2D eigenvalue weighted by molar-refractivity contribution is -0.117. The van der Waals surface area contributed by atoms with Crippen LogP contribution in [-0.4, -0.2) is 30.9 Å². The summed E-state index contributed by atoms with van der Waals surface area (Å²) in [6, 6.07) is 17.3. The zero-order valence-corrected chi connectivity index (χ0v) is 17.0. The lowest BCUT2D eigenvalue weighted by Crippen LogP contribution is -2.31. The van der Waals surface area contributed by atoms with Gasteiger partial charge in [-0.3, -0.25) is 14.5 Å². The second-order valence-corrected chi connectivity index (χ2v) is 7.41. The molecule has 1 N–H and O–H groups in total. The van der Waals surface area contributed by atoms with Crippen molar-refractivity contribution < 1.29 is 19.1 Å². The highest BCUT2D eigenvalue weighted by Crippen LogP contribution is 2.43. The van der Waals surface area contributed by atoms with E-state index in [0.717, 1.165) is 16.8 Å². The van der Waals surface area contributed by atoms with Crippen molar-refractivity contribution in [3.05, 3.63) is 95.1 Å². The molecule has 1 unspecified atom stereocenters. The van der Waals surface area contributed by atoms with Gasteiger partial charge in [-0.1, -0.05) is 24.3 Å². The maximum absolute atomic E-state index is 13.2. The van der Waals surface area contributed by atoms with Gasteiger partial charge >= 0.3 is 0 Å². The van der Waals surface area contributed by atoms with Crippen molar-refractivity contribution >= 4 is 23.1 Å². The third-order valence-electron chi connectivity index (χ3n) is 5.33. The molecule has 0 aliphatic carbocycles. The molecule has 6 heteroatoms. The number of aliphatic hydroxyl groups excluding tert-OH is 1. The fourth-order valence-corrected chi connectivity index (χ4v) is 3.74. The molecule has 0 fully saturated rings. The maximum atomic E-state index is 13.2. The van der Waals surface area contributed by atoms with E-state index in [2.05, 4.69) is 0 Å². The maximum Gasteiger partial charge on any atom is 0.294 e. The summed E-state index contributed by atoms with van der Waals surface area (Å²) in [5.74, 6) is -1.60. The normalized spacial score (nSPS) is 16.3. The molecule has 1 amide bonds. The van der Waals surface area contributed by atoms with E-state index in [-0.39, 0.29) is 11.3 Å². The van der Waals surface area contributed by atoms with Gasteiger partial charge in [0.1, 0.15) is 0 Å². The van der Waals surface area contributed by atoms with Crippen LogP contribution in [0.4, 0.5) is 11.4 Å². The van der Waals surface area contributed by atoms with Crippen LogP contribution < -0.4 is 9.80 Å². The van der Waals surface area contributed by atoms with Gasteiger partial charge in [0.25, 0.3) is 5.91 Å². The van der Waals surface area contributed by atoms with Gasteiger partial charge in [0.15, 0.2) is 11.5 Å². The van der Waals surface area contributed by atoms with Crippen molar-refractivity contribution in [2.24, 2.45) is 0 Å². The standard InChI is InChI=1S/C24H22N2O4/c1-15-7-4-5-8-18(15)21-20(22(27)19-9-6-14-30-19)23(28)24(29)26(21)17-12-10-16(11-13-17)25(2)3/h4-14,21,28H,1-3H3. The molecule has 152 valence electrons. The molecule has 1 atom stereocenters. The Morgan fingerprint density at radius 1 is 1.03 bits per heavy atom. The van der Waals surface area contributed by atoms with Crippen molar-refractivity contribution in [3.8, 4) is 0 Å². The Morgan fingerprint density at radius 2 is 1.73 bits per heavy atom. The number of amides is 1. The zero-order valence-electron chi connectivity index (χ0n) is 17.0. The van der Waals surface area contributed by atoms with Crippen molar-refractivity contribution in [2.75, 3.05) is 23.9 Å². The minimum Gasteiger partial charge on any atom is -0.503 e. The van der Waals surface area contributed by atoms with E-state index >= 15 is 0 Å². The van der Waals surface area contributed by atoms with Crippen molar-refractivity contribution in [1.29, 1.82) is 0 Å². The Labute approximate surface area is 174 Å². The van der Waals surface area contributed by atoms with Gasteiger partial charge in [-0.25, -0.2) is 0 Å². The molecule has 1 aromatic heterocycles. The second-order valence-electron chi connectivity index (χ2n) is 7.41. The van der Waals surface area contributed by atoms with E-state index in [1.165, 1.54) is 17.2 Å². The zero-order chi connectivity index (χ0) is 21.4. The molecular weight excluding hydrogens is 380 g/mol. The summed E-state index contributed by atoms with van der Waals surface area (Å²) in [4.78, 5) is 29.7. The molecule has 0 radical (unpaired) electrons. The van der Waals surface area contributed by atoms with Crippen LogP contribution in [0.15, 0.2) is 82.7 Å². The Bertz CT molecular complexity index is 1130. The Morgan fingerprint density at radius 3 is 2.33 bits per heavy atom. The van der Waals surface area contributed by atoms with Crippen LogP contribution in [0.1, 0.15) is 27.7 Å². The number of anilines is 2. The quantitative estimate of drug-likeness (QED) is 0.639. The molecule has 2 aromatic carbocycles. The molecule has 30 heavy (non-hydrogen) atoms. The van der Waals surface area contributed by atoms with E-state index < -0.39 is 23.5 Å². The highest BCUT2D eigenvalue weighted by molar-refractivity contribution is 6.20. The monoisotopic (exact) mass is 402 g/mol. The van der Waals surface area contributed by atoms with Crippen LogP contribution in [0, 0.1) is 6.92 Å². The average molecular weight is 402 g/mol. The number of benzene rings is 2. The molecule has 3 aromatic rings. The van der Waals surface area contributed by atoms with Crippen molar-refractivity contribution in [1.82, 2.24) is 0 Å². The van der Waals surface area contributed by atoms with Crippen molar-refractivity contribution in [3.63, 3.8) is 0 Å². The number of aliphatic hydroxyl groups is 1. The molecule has 6 nitrogen and oxygen atoms in total. The fraction of sp³-hybridized carbons (Fsp3) is 0.167. The molecule has 1 aliphatic rings. The van der Waals surface area contributed by atoms with Crippen molar-refractivity contribution in [2.45, 2.75) is 13.0 Å². The van der Waals surface area contributed by atoms with Gasteiger partial charge in [-0.15, -0.1) is 0 Å².